The van der Waals surface area contributed by atoms with Gasteiger partial charge < -0.3 is 20.9 Å². The number of hydrogen-bond acceptors (Lipinski definition) is 3. The number of ether oxygens (including phenoxy) is 1. The van der Waals surface area contributed by atoms with E-state index in [0.29, 0.717) is 19.0 Å². The zero-order valence-corrected chi connectivity index (χ0v) is 12.3. The quantitative estimate of drug-likeness (QED) is 0.579. The third-order valence-electron chi connectivity index (χ3n) is 3.68. The van der Waals surface area contributed by atoms with Crippen LogP contribution >= 0.6 is 0 Å². The summed E-state index contributed by atoms with van der Waals surface area (Å²) in [6, 6.07) is 6.11. The summed E-state index contributed by atoms with van der Waals surface area (Å²) in [6.07, 6.45) is 0.384. The lowest BCUT2D eigenvalue weighted by Crippen LogP contribution is -2.40. The summed E-state index contributed by atoms with van der Waals surface area (Å²) in [6.45, 7) is 6.74. The normalized spacial score (nSPS) is 26.8. The number of hydrogen-bond donors (Lipinski definition) is 3. The minimum absolute atomic E-state index is 0.208. The molecule has 2 atom stereocenters. The Morgan fingerprint density at radius 3 is 2.65 bits per heavy atom. The fourth-order valence-electron chi connectivity index (χ4n) is 2.43. The number of aliphatic imine (C=N–C) groups is 1. The van der Waals surface area contributed by atoms with Gasteiger partial charge in [-0.2, -0.15) is 0 Å². The highest BCUT2D eigenvalue weighted by Crippen LogP contribution is 2.25. The van der Waals surface area contributed by atoms with E-state index in [2.05, 4.69) is 16.4 Å². The SMILES string of the molecule is Cc1cc(C)cc(NC(N)=NCC2(O)CCOC2C)c1. The van der Waals surface area contributed by atoms with Crippen LogP contribution in [0, 0.1) is 13.8 Å². The summed E-state index contributed by atoms with van der Waals surface area (Å²) >= 11 is 0. The number of nitrogens with zero attached hydrogens (tertiary/aromatic N) is 1. The molecule has 5 nitrogen and oxygen atoms in total. The Morgan fingerprint density at radius 1 is 1.45 bits per heavy atom. The summed E-state index contributed by atoms with van der Waals surface area (Å²) in [7, 11) is 0. The Labute approximate surface area is 119 Å². The standard InChI is InChI=1S/C15H23N3O2/c1-10-6-11(2)8-13(7-10)18-14(16)17-9-15(19)4-5-20-12(15)3/h6-8,12,19H,4-5,9H2,1-3H3,(H3,16,17,18). The van der Waals surface area contributed by atoms with Gasteiger partial charge in [0.15, 0.2) is 5.96 Å². The van der Waals surface area contributed by atoms with E-state index >= 15 is 0 Å². The second-order valence-corrected chi connectivity index (χ2v) is 5.57. The molecule has 0 bridgehead atoms. The van der Waals surface area contributed by atoms with Crippen molar-refractivity contribution in [3.8, 4) is 0 Å². The summed E-state index contributed by atoms with van der Waals surface area (Å²) in [5, 5.41) is 13.4. The highest BCUT2D eigenvalue weighted by molar-refractivity contribution is 5.92. The summed E-state index contributed by atoms with van der Waals surface area (Å²) < 4.78 is 5.37. The number of guanidine groups is 1. The number of nitrogens with two attached hydrogens (primary N) is 1. The molecular formula is C15H23N3O2. The van der Waals surface area contributed by atoms with Crippen LogP contribution < -0.4 is 11.1 Å². The molecule has 0 amide bonds. The Hall–Kier alpha value is -1.59. The van der Waals surface area contributed by atoms with Gasteiger partial charge in [0.25, 0.3) is 0 Å². The van der Waals surface area contributed by atoms with Gasteiger partial charge in [-0.3, -0.25) is 4.99 Å². The van der Waals surface area contributed by atoms with Crippen LogP contribution in [0.15, 0.2) is 23.2 Å². The van der Waals surface area contributed by atoms with Crippen LogP contribution in [0.5, 0.6) is 0 Å². The number of benzene rings is 1. The molecule has 0 spiro atoms. The average molecular weight is 277 g/mol. The fraction of sp³-hybridized carbons (Fsp3) is 0.533. The monoisotopic (exact) mass is 277 g/mol. The molecule has 110 valence electrons. The lowest BCUT2D eigenvalue weighted by atomic mass is 9.97. The molecule has 1 fully saturated rings. The first-order valence-electron chi connectivity index (χ1n) is 6.88. The van der Waals surface area contributed by atoms with Crippen LogP contribution in [0.1, 0.15) is 24.5 Å². The van der Waals surface area contributed by atoms with Crippen LogP contribution in [0.25, 0.3) is 0 Å². The van der Waals surface area contributed by atoms with E-state index in [-0.39, 0.29) is 12.6 Å². The fourth-order valence-corrected chi connectivity index (χ4v) is 2.43. The predicted molar refractivity (Wildman–Crippen MR) is 81.0 cm³/mol. The molecule has 1 aliphatic rings. The average Bonchev–Trinajstić information content (AvgIpc) is 2.66. The first-order chi connectivity index (χ1) is 9.39. The molecule has 1 aliphatic heterocycles. The minimum Gasteiger partial charge on any atom is -0.385 e. The summed E-state index contributed by atoms with van der Waals surface area (Å²) in [5.41, 5.74) is 8.20. The number of rotatable bonds is 3. The predicted octanol–water partition coefficient (Wildman–Crippen LogP) is 1.57. The smallest absolute Gasteiger partial charge is 0.193 e. The molecule has 0 aromatic heterocycles. The van der Waals surface area contributed by atoms with Gasteiger partial charge in [-0.05, 0) is 44.0 Å². The van der Waals surface area contributed by atoms with Gasteiger partial charge in [-0.25, -0.2) is 0 Å². The maximum Gasteiger partial charge on any atom is 0.193 e. The summed E-state index contributed by atoms with van der Waals surface area (Å²) in [4.78, 5) is 4.24. The van der Waals surface area contributed by atoms with Crippen molar-refractivity contribution in [1.29, 1.82) is 0 Å². The minimum atomic E-state index is -0.908. The molecule has 1 aromatic carbocycles. The molecule has 2 rings (SSSR count). The van der Waals surface area contributed by atoms with Gasteiger partial charge in [-0.15, -0.1) is 0 Å². The van der Waals surface area contributed by atoms with Crippen molar-refractivity contribution in [2.24, 2.45) is 10.7 Å². The van der Waals surface area contributed by atoms with Gasteiger partial charge in [0.1, 0.15) is 5.60 Å². The molecule has 4 N–H and O–H groups in total. The van der Waals surface area contributed by atoms with Crippen LogP contribution in [0.4, 0.5) is 5.69 Å². The van der Waals surface area contributed by atoms with Gasteiger partial charge in [0, 0.05) is 18.7 Å². The third kappa shape index (κ3) is 3.49. The van der Waals surface area contributed by atoms with Crippen molar-refractivity contribution in [1.82, 2.24) is 0 Å². The maximum atomic E-state index is 10.3. The number of nitrogens with one attached hydrogen (secondary N) is 1. The maximum absolute atomic E-state index is 10.3. The lowest BCUT2D eigenvalue weighted by Gasteiger charge is -2.23. The van der Waals surface area contributed by atoms with Crippen LogP contribution in [-0.4, -0.2) is 35.9 Å². The molecule has 0 saturated carbocycles. The van der Waals surface area contributed by atoms with Crippen molar-refractivity contribution < 1.29 is 9.84 Å². The second kappa shape index (κ2) is 5.81. The van der Waals surface area contributed by atoms with E-state index in [9.17, 15) is 5.11 Å². The zero-order chi connectivity index (χ0) is 14.8. The van der Waals surface area contributed by atoms with E-state index in [1.165, 1.54) is 0 Å². The van der Waals surface area contributed by atoms with Crippen LogP contribution in [0.2, 0.25) is 0 Å². The van der Waals surface area contributed by atoms with Crippen molar-refractivity contribution >= 4 is 11.6 Å². The highest BCUT2D eigenvalue weighted by Gasteiger charge is 2.39. The van der Waals surface area contributed by atoms with E-state index in [1.54, 1.807) is 0 Å². The summed E-state index contributed by atoms with van der Waals surface area (Å²) in [5.74, 6) is 0.308. The molecule has 20 heavy (non-hydrogen) atoms. The number of aryl methyl sites for hydroxylation is 2. The lowest BCUT2D eigenvalue weighted by molar-refractivity contribution is -0.0201. The Kier molecular flexibility index (Phi) is 4.30. The number of anilines is 1. The first kappa shape index (κ1) is 14.8. The van der Waals surface area contributed by atoms with Crippen molar-refractivity contribution in [2.75, 3.05) is 18.5 Å². The Balaban J connectivity index is 2.00. The van der Waals surface area contributed by atoms with Gasteiger partial charge >= 0.3 is 0 Å². The van der Waals surface area contributed by atoms with E-state index in [0.717, 1.165) is 16.8 Å². The second-order valence-electron chi connectivity index (χ2n) is 5.57. The molecule has 0 radical (unpaired) electrons. The van der Waals surface area contributed by atoms with E-state index in [1.807, 2.05) is 32.9 Å². The largest absolute Gasteiger partial charge is 0.385 e. The van der Waals surface area contributed by atoms with Crippen LogP contribution in [0.3, 0.4) is 0 Å². The molecule has 1 aromatic rings. The molecular weight excluding hydrogens is 254 g/mol. The van der Waals surface area contributed by atoms with Crippen molar-refractivity contribution in [3.63, 3.8) is 0 Å². The highest BCUT2D eigenvalue weighted by atomic mass is 16.5. The zero-order valence-electron chi connectivity index (χ0n) is 12.3. The Bertz CT molecular complexity index is 496. The van der Waals surface area contributed by atoms with Crippen LogP contribution in [-0.2, 0) is 4.74 Å². The van der Waals surface area contributed by atoms with Crippen molar-refractivity contribution in [2.45, 2.75) is 38.9 Å². The molecule has 5 heteroatoms. The van der Waals surface area contributed by atoms with E-state index < -0.39 is 5.60 Å². The van der Waals surface area contributed by atoms with Gasteiger partial charge in [-0.1, -0.05) is 6.07 Å². The van der Waals surface area contributed by atoms with Crippen molar-refractivity contribution in [3.05, 3.63) is 29.3 Å². The Morgan fingerprint density at radius 2 is 2.10 bits per heavy atom. The van der Waals surface area contributed by atoms with Gasteiger partial charge in [0.2, 0.25) is 0 Å². The molecule has 0 aliphatic carbocycles. The number of aliphatic hydroxyl groups is 1. The topological polar surface area (TPSA) is 79.9 Å². The van der Waals surface area contributed by atoms with E-state index in [4.69, 9.17) is 10.5 Å². The first-order valence-corrected chi connectivity index (χ1v) is 6.88. The molecule has 2 unspecified atom stereocenters. The van der Waals surface area contributed by atoms with Gasteiger partial charge in [0.05, 0.1) is 12.6 Å². The third-order valence-corrected chi connectivity index (χ3v) is 3.68. The molecule has 1 heterocycles. The molecule has 1 saturated heterocycles.